The minimum atomic E-state index is -3.60. The van der Waals surface area contributed by atoms with E-state index in [0.29, 0.717) is 11.4 Å². The zero-order valence-electron chi connectivity index (χ0n) is 16.8. The third kappa shape index (κ3) is 5.55. The Kier molecular flexibility index (Phi) is 6.99. The van der Waals surface area contributed by atoms with Gasteiger partial charge in [0, 0.05) is 24.5 Å². The summed E-state index contributed by atoms with van der Waals surface area (Å²) in [6.45, 7) is 4.88. The van der Waals surface area contributed by atoms with Crippen LogP contribution >= 0.6 is 0 Å². The van der Waals surface area contributed by atoms with Gasteiger partial charge in [-0.05, 0) is 62.7 Å². The number of nitrogens with one attached hydrogen (secondary N) is 1. The zero-order valence-corrected chi connectivity index (χ0v) is 17.6. The molecule has 156 valence electrons. The largest absolute Gasteiger partial charge is 0.452 e. The number of amides is 1. The highest BCUT2D eigenvalue weighted by Crippen LogP contribution is 2.19. The Morgan fingerprint density at radius 2 is 1.76 bits per heavy atom. The van der Waals surface area contributed by atoms with Gasteiger partial charge in [-0.1, -0.05) is 6.07 Å². The molecular formula is C20H25N3O5S. The zero-order chi connectivity index (χ0) is 21.8. The van der Waals surface area contributed by atoms with Gasteiger partial charge in [0.1, 0.15) is 0 Å². The topological polar surface area (TPSA) is 119 Å². The van der Waals surface area contributed by atoms with E-state index in [1.54, 1.807) is 26.0 Å². The van der Waals surface area contributed by atoms with Crippen LogP contribution in [0, 0.1) is 6.92 Å². The molecule has 0 heterocycles. The Balaban J connectivity index is 1.95. The van der Waals surface area contributed by atoms with Crippen LogP contribution in [-0.4, -0.2) is 44.3 Å². The Bertz CT molecular complexity index is 1000. The van der Waals surface area contributed by atoms with Crippen molar-refractivity contribution in [2.75, 3.05) is 24.7 Å². The number of anilines is 2. The lowest BCUT2D eigenvalue weighted by atomic mass is 10.1. The molecule has 0 atom stereocenters. The van der Waals surface area contributed by atoms with Crippen LogP contribution in [0.5, 0.6) is 0 Å². The molecule has 3 N–H and O–H groups in total. The first kappa shape index (κ1) is 22.4. The van der Waals surface area contributed by atoms with Gasteiger partial charge < -0.3 is 15.8 Å². The summed E-state index contributed by atoms with van der Waals surface area (Å²) in [5.74, 6) is -1.21. The molecule has 0 aromatic heterocycles. The van der Waals surface area contributed by atoms with Crippen molar-refractivity contribution in [3.05, 3.63) is 53.6 Å². The Morgan fingerprint density at radius 3 is 2.31 bits per heavy atom. The van der Waals surface area contributed by atoms with Crippen LogP contribution in [0.2, 0.25) is 0 Å². The number of hydrogen-bond acceptors (Lipinski definition) is 6. The van der Waals surface area contributed by atoms with Gasteiger partial charge in [0.25, 0.3) is 5.91 Å². The Hall–Kier alpha value is -2.91. The van der Waals surface area contributed by atoms with Crippen LogP contribution in [-0.2, 0) is 19.6 Å². The van der Waals surface area contributed by atoms with Gasteiger partial charge in [-0.15, -0.1) is 0 Å². The molecule has 2 aromatic rings. The molecule has 0 spiro atoms. The minimum Gasteiger partial charge on any atom is -0.452 e. The molecule has 2 aromatic carbocycles. The van der Waals surface area contributed by atoms with E-state index in [2.05, 4.69) is 5.32 Å². The molecule has 0 fully saturated rings. The molecule has 0 unspecified atom stereocenters. The van der Waals surface area contributed by atoms with Crippen LogP contribution in [0.1, 0.15) is 29.8 Å². The lowest BCUT2D eigenvalue weighted by Gasteiger charge is -2.21. The number of ether oxygens (including phenoxy) is 1. The van der Waals surface area contributed by atoms with Crippen molar-refractivity contribution in [2.24, 2.45) is 0 Å². The maximum Gasteiger partial charge on any atom is 0.338 e. The van der Waals surface area contributed by atoms with Gasteiger partial charge in [-0.3, -0.25) is 4.79 Å². The maximum absolute atomic E-state index is 12.4. The van der Waals surface area contributed by atoms with Gasteiger partial charge in [-0.25, -0.2) is 13.2 Å². The monoisotopic (exact) mass is 419 g/mol. The third-order valence-electron chi connectivity index (χ3n) is 4.39. The van der Waals surface area contributed by atoms with Crippen molar-refractivity contribution >= 4 is 33.3 Å². The van der Waals surface area contributed by atoms with Crippen molar-refractivity contribution in [3.8, 4) is 0 Å². The molecule has 8 nitrogen and oxygen atoms in total. The maximum atomic E-state index is 12.4. The summed E-state index contributed by atoms with van der Waals surface area (Å²) < 4.78 is 31.1. The highest BCUT2D eigenvalue weighted by molar-refractivity contribution is 7.89. The summed E-state index contributed by atoms with van der Waals surface area (Å²) in [5, 5.41) is 2.55. The molecule has 29 heavy (non-hydrogen) atoms. The van der Waals surface area contributed by atoms with Crippen LogP contribution in [0.4, 0.5) is 11.4 Å². The molecule has 0 saturated carbocycles. The molecule has 1 amide bonds. The van der Waals surface area contributed by atoms with Gasteiger partial charge in [0.05, 0.1) is 10.5 Å². The first-order chi connectivity index (χ1) is 13.5. The second kappa shape index (κ2) is 9.06. The van der Waals surface area contributed by atoms with Crippen molar-refractivity contribution in [2.45, 2.75) is 31.7 Å². The number of sulfonamides is 1. The van der Waals surface area contributed by atoms with E-state index < -0.39 is 28.5 Å². The number of hydrogen-bond donors (Lipinski definition) is 2. The number of aryl methyl sites for hydroxylation is 1. The molecule has 0 aliphatic heterocycles. The molecule has 0 radical (unpaired) electrons. The number of benzene rings is 2. The average Bonchev–Trinajstić information content (AvgIpc) is 2.67. The number of nitrogen functional groups attached to an aromatic ring is 1. The number of nitrogens with zero attached hydrogens (tertiary/aromatic N) is 1. The van der Waals surface area contributed by atoms with Crippen LogP contribution in [0.25, 0.3) is 0 Å². The van der Waals surface area contributed by atoms with E-state index in [0.717, 1.165) is 5.56 Å². The van der Waals surface area contributed by atoms with Gasteiger partial charge in [0.2, 0.25) is 10.0 Å². The van der Waals surface area contributed by atoms with Gasteiger partial charge in [0.15, 0.2) is 6.61 Å². The Labute approximate surface area is 170 Å². The highest BCUT2D eigenvalue weighted by Gasteiger charge is 2.22. The molecule has 9 heteroatoms. The summed E-state index contributed by atoms with van der Waals surface area (Å²) in [7, 11) is -2.10. The molecular weight excluding hydrogens is 394 g/mol. The van der Waals surface area contributed by atoms with Crippen LogP contribution in [0.3, 0.4) is 0 Å². The van der Waals surface area contributed by atoms with E-state index in [4.69, 9.17) is 10.5 Å². The summed E-state index contributed by atoms with van der Waals surface area (Å²) in [4.78, 5) is 24.1. The second-order valence-corrected chi connectivity index (χ2v) is 8.83. The van der Waals surface area contributed by atoms with Crippen LogP contribution in [0.15, 0.2) is 47.4 Å². The molecule has 0 saturated heterocycles. The molecule has 0 bridgehead atoms. The van der Waals surface area contributed by atoms with E-state index in [9.17, 15) is 18.0 Å². The fourth-order valence-corrected chi connectivity index (χ4v) is 3.70. The van der Waals surface area contributed by atoms with Gasteiger partial charge in [-0.2, -0.15) is 4.31 Å². The van der Waals surface area contributed by atoms with Crippen molar-refractivity contribution in [1.82, 2.24) is 4.31 Å². The number of nitrogens with two attached hydrogens (primary N) is 1. The van der Waals surface area contributed by atoms with E-state index in [-0.39, 0.29) is 16.5 Å². The number of carbonyl (C=O) groups is 2. The average molecular weight is 420 g/mol. The first-order valence-corrected chi connectivity index (χ1v) is 10.4. The second-order valence-electron chi connectivity index (χ2n) is 6.84. The lowest BCUT2D eigenvalue weighted by Crippen LogP contribution is -2.33. The third-order valence-corrected chi connectivity index (χ3v) is 6.44. The number of esters is 1. The molecule has 0 aliphatic rings. The summed E-state index contributed by atoms with van der Waals surface area (Å²) in [6, 6.07) is 10.3. The highest BCUT2D eigenvalue weighted by atomic mass is 32.2. The number of rotatable bonds is 7. The molecule has 2 rings (SSSR count). The molecule has 0 aliphatic carbocycles. The SMILES string of the molecule is Cc1ccc(C(=O)OCC(=O)Nc2ccc(S(=O)(=O)N(C)C(C)C)cc2)cc1N. The van der Waals surface area contributed by atoms with Gasteiger partial charge >= 0.3 is 5.97 Å². The van der Waals surface area contributed by atoms with E-state index in [1.807, 2.05) is 6.92 Å². The summed E-state index contributed by atoms with van der Waals surface area (Å²) in [5.41, 5.74) is 7.70. The fraction of sp³-hybridized carbons (Fsp3) is 0.300. The predicted octanol–water partition coefficient (Wildman–Crippen LogP) is 2.40. The Morgan fingerprint density at radius 1 is 1.14 bits per heavy atom. The standard InChI is InChI=1S/C20H25N3O5S/c1-13(2)23(4)29(26,27)17-9-7-16(8-10-17)22-19(24)12-28-20(25)15-6-5-14(3)18(21)11-15/h5-11,13H,12,21H2,1-4H3,(H,22,24). The predicted molar refractivity (Wildman–Crippen MR) is 111 cm³/mol. The summed E-state index contributed by atoms with van der Waals surface area (Å²) >= 11 is 0. The van der Waals surface area contributed by atoms with Crippen molar-refractivity contribution in [3.63, 3.8) is 0 Å². The minimum absolute atomic E-state index is 0.120. The van der Waals surface area contributed by atoms with Crippen LogP contribution < -0.4 is 11.1 Å². The summed E-state index contributed by atoms with van der Waals surface area (Å²) in [6.07, 6.45) is 0. The quantitative estimate of drug-likeness (QED) is 0.525. The smallest absolute Gasteiger partial charge is 0.338 e. The normalized spacial score (nSPS) is 11.5. The first-order valence-electron chi connectivity index (χ1n) is 8.93. The van der Waals surface area contributed by atoms with E-state index >= 15 is 0 Å². The lowest BCUT2D eigenvalue weighted by molar-refractivity contribution is -0.119. The fourth-order valence-electron chi connectivity index (χ4n) is 2.33. The van der Waals surface area contributed by atoms with Crippen molar-refractivity contribution in [1.29, 1.82) is 0 Å². The number of carbonyl (C=O) groups excluding carboxylic acids is 2. The van der Waals surface area contributed by atoms with E-state index in [1.165, 1.54) is 41.7 Å². The van der Waals surface area contributed by atoms with Crippen molar-refractivity contribution < 1.29 is 22.7 Å².